The molecule has 0 spiro atoms. The minimum absolute atomic E-state index is 0.270. The van der Waals surface area contributed by atoms with Crippen LogP contribution in [0, 0.1) is 11.3 Å². The van der Waals surface area contributed by atoms with E-state index in [1.54, 1.807) is 12.1 Å². The van der Waals surface area contributed by atoms with Crippen molar-refractivity contribution in [1.82, 2.24) is 4.98 Å². The summed E-state index contributed by atoms with van der Waals surface area (Å²) in [7, 11) is 1.53. The number of pyridine rings is 1. The van der Waals surface area contributed by atoms with Crippen LogP contribution in [0.5, 0.6) is 5.75 Å². The molecule has 0 aliphatic carbocycles. The lowest BCUT2D eigenvalue weighted by atomic mass is 10.1. The summed E-state index contributed by atoms with van der Waals surface area (Å²) in [4.78, 5) is 4.11. The first-order chi connectivity index (χ1) is 7.65. The molecule has 5 heteroatoms. The van der Waals surface area contributed by atoms with E-state index in [9.17, 15) is 0 Å². The first kappa shape index (κ1) is 10.5. The van der Waals surface area contributed by atoms with Gasteiger partial charge < -0.3 is 10.5 Å². The minimum atomic E-state index is 0.270. The van der Waals surface area contributed by atoms with E-state index in [4.69, 9.17) is 27.3 Å². The van der Waals surface area contributed by atoms with Crippen molar-refractivity contribution in [1.29, 1.82) is 5.26 Å². The molecule has 0 amide bonds. The quantitative estimate of drug-likeness (QED) is 0.821. The molecule has 16 heavy (non-hydrogen) atoms. The number of fused-ring (bicyclic) bond motifs is 1. The Morgan fingerprint density at radius 2 is 2.19 bits per heavy atom. The smallest absolute Gasteiger partial charge is 0.143 e. The molecule has 0 atom stereocenters. The maximum absolute atomic E-state index is 8.77. The highest BCUT2D eigenvalue weighted by molar-refractivity contribution is 6.32. The monoisotopic (exact) mass is 233 g/mol. The first-order valence-corrected chi connectivity index (χ1v) is 4.87. The van der Waals surface area contributed by atoms with Crippen molar-refractivity contribution < 1.29 is 4.74 Å². The highest BCUT2D eigenvalue weighted by atomic mass is 35.5. The zero-order valence-corrected chi connectivity index (χ0v) is 9.25. The van der Waals surface area contributed by atoms with E-state index < -0.39 is 0 Å². The number of rotatable bonds is 1. The zero-order valence-electron chi connectivity index (χ0n) is 8.49. The number of halogens is 1. The van der Waals surface area contributed by atoms with E-state index in [2.05, 4.69) is 4.98 Å². The van der Waals surface area contributed by atoms with Crippen LogP contribution in [0.4, 0.5) is 5.69 Å². The van der Waals surface area contributed by atoms with Crippen molar-refractivity contribution in [2.24, 2.45) is 0 Å². The van der Waals surface area contributed by atoms with E-state index in [1.165, 1.54) is 13.2 Å². The van der Waals surface area contributed by atoms with Gasteiger partial charge in [-0.05, 0) is 18.2 Å². The Bertz CT molecular complexity index is 604. The van der Waals surface area contributed by atoms with Gasteiger partial charge in [-0.3, -0.25) is 0 Å². The fourth-order valence-electron chi connectivity index (χ4n) is 1.47. The van der Waals surface area contributed by atoms with Crippen LogP contribution in [0.3, 0.4) is 0 Å². The van der Waals surface area contributed by atoms with Gasteiger partial charge >= 0.3 is 0 Å². The second-order valence-corrected chi connectivity index (χ2v) is 3.62. The summed E-state index contributed by atoms with van der Waals surface area (Å²) in [5.74, 6) is 0.535. The van der Waals surface area contributed by atoms with Gasteiger partial charge in [-0.25, -0.2) is 4.98 Å². The van der Waals surface area contributed by atoms with Gasteiger partial charge in [0.15, 0.2) is 0 Å². The second kappa shape index (κ2) is 3.87. The lowest BCUT2D eigenvalue weighted by Gasteiger charge is -2.07. The van der Waals surface area contributed by atoms with Crippen molar-refractivity contribution in [3.63, 3.8) is 0 Å². The fraction of sp³-hybridized carbons (Fsp3) is 0.0909. The molecular weight excluding hydrogens is 226 g/mol. The SMILES string of the molecule is COc1cc2c(N)cc(C#N)nc2cc1Cl. The van der Waals surface area contributed by atoms with Crippen LogP contribution in [-0.2, 0) is 0 Å². The highest BCUT2D eigenvalue weighted by Gasteiger charge is 2.08. The number of nitrogens with two attached hydrogens (primary N) is 1. The summed E-state index contributed by atoms with van der Waals surface area (Å²) < 4.78 is 5.08. The molecule has 4 nitrogen and oxygen atoms in total. The molecule has 2 rings (SSSR count). The number of aromatic nitrogens is 1. The summed E-state index contributed by atoms with van der Waals surface area (Å²) in [6.07, 6.45) is 0. The van der Waals surface area contributed by atoms with Crippen LogP contribution in [-0.4, -0.2) is 12.1 Å². The summed E-state index contributed by atoms with van der Waals surface area (Å²) in [6.45, 7) is 0. The van der Waals surface area contributed by atoms with Crippen LogP contribution in [0.1, 0.15) is 5.69 Å². The molecule has 80 valence electrons. The number of nitriles is 1. The molecule has 0 aliphatic rings. The van der Waals surface area contributed by atoms with Gasteiger partial charge in [-0.1, -0.05) is 11.6 Å². The highest BCUT2D eigenvalue weighted by Crippen LogP contribution is 2.31. The van der Waals surface area contributed by atoms with E-state index in [0.29, 0.717) is 22.0 Å². The third-order valence-electron chi connectivity index (χ3n) is 2.23. The number of nitrogen functional groups attached to an aromatic ring is 1. The third kappa shape index (κ3) is 1.62. The standard InChI is InChI=1S/C11H8ClN3O/c1-16-11-3-7-9(14)2-6(5-13)15-10(7)4-8(11)12/h2-4H,1H3,(H2,14,15). The molecule has 0 aliphatic heterocycles. The summed E-state index contributed by atoms with van der Waals surface area (Å²) in [5, 5.41) is 9.93. The van der Waals surface area contributed by atoms with Crippen molar-refractivity contribution >= 4 is 28.2 Å². The molecule has 0 saturated carbocycles. The lowest BCUT2D eigenvalue weighted by Crippen LogP contribution is -1.94. The Morgan fingerprint density at radius 1 is 1.44 bits per heavy atom. The lowest BCUT2D eigenvalue weighted by molar-refractivity contribution is 0.415. The summed E-state index contributed by atoms with van der Waals surface area (Å²) in [6, 6.07) is 6.81. The molecule has 1 aromatic heterocycles. The molecule has 0 bridgehead atoms. The first-order valence-electron chi connectivity index (χ1n) is 4.49. The van der Waals surface area contributed by atoms with Gasteiger partial charge in [0, 0.05) is 11.1 Å². The average Bonchev–Trinajstić information content (AvgIpc) is 2.28. The van der Waals surface area contributed by atoms with Crippen LogP contribution >= 0.6 is 11.6 Å². The Labute approximate surface area is 97.2 Å². The molecular formula is C11H8ClN3O. The van der Waals surface area contributed by atoms with E-state index in [1.807, 2.05) is 6.07 Å². The van der Waals surface area contributed by atoms with Crippen LogP contribution in [0.25, 0.3) is 10.9 Å². The van der Waals surface area contributed by atoms with Crippen LogP contribution in [0.15, 0.2) is 18.2 Å². The number of hydrogen-bond acceptors (Lipinski definition) is 4. The van der Waals surface area contributed by atoms with Gasteiger partial charge in [0.25, 0.3) is 0 Å². The van der Waals surface area contributed by atoms with Crippen molar-refractivity contribution in [3.05, 3.63) is 28.9 Å². The summed E-state index contributed by atoms with van der Waals surface area (Å²) >= 11 is 5.96. The summed E-state index contributed by atoms with van der Waals surface area (Å²) in [5.41, 5.74) is 7.15. The second-order valence-electron chi connectivity index (χ2n) is 3.21. The van der Waals surface area contributed by atoms with Crippen molar-refractivity contribution in [2.75, 3.05) is 12.8 Å². The Kier molecular flexibility index (Phi) is 2.55. The topological polar surface area (TPSA) is 71.9 Å². The zero-order chi connectivity index (χ0) is 11.7. The predicted molar refractivity (Wildman–Crippen MR) is 62.4 cm³/mol. The molecule has 0 unspecified atom stereocenters. The fourth-order valence-corrected chi connectivity index (χ4v) is 1.70. The predicted octanol–water partition coefficient (Wildman–Crippen LogP) is 2.35. The van der Waals surface area contributed by atoms with E-state index in [-0.39, 0.29) is 5.69 Å². The van der Waals surface area contributed by atoms with Gasteiger partial charge in [0.1, 0.15) is 17.5 Å². The van der Waals surface area contributed by atoms with Gasteiger partial charge in [0.05, 0.1) is 17.6 Å². The number of anilines is 1. The van der Waals surface area contributed by atoms with Gasteiger partial charge in [-0.15, -0.1) is 0 Å². The Hall–Kier alpha value is -1.99. The van der Waals surface area contributed by atoms with Gasteiger partial charge in [-0.2, -0.15) is 5.26 Å². The maximum Gasteiger partial charge on any atom is 0.143 e. The largest absolute Gasteiger partial charge is 0.495 e. The minimum Gasteiger partial charge on any atom is -0.495 e. The number of ether oxygens (including phenoxy) is 1. The average molecular weight is 234 g/mol. The van der Waals surface area contributed by atoms with Crippen LogP contribution < -0.4 is 10.5 Å². The molecule has 0 fully saturated rings. The van der Waals surface area contributed by atoms with E-state index >= 15 is 0 Å². The number of methoxy groups -OCH3 is 1. The van der Waals surface area contributed by atoms with Crippen molar-refractivity contribution in [3.8, 4) is 11.8 Å². The molecule has 0 radical (unpaired) electrons. The number of benzene rings is 1. The molecule has 0 saturated heterocycles. The Morgan fingerprint density at radius 3 is 2.81 bits per heavy atom. The number of hydrogen-bond donors (Lipinski definition) is 1. The van der Waals surface area contributed by atoms with Gasteiger partial charge in [0.2, 0.25) is 0 Å². The van der Waals surface area contributed by atoms with E-state index in [0.717, 1.165) is 5.39 Å². The Balaban J connectivity index is 2.81. The molecule has 2 aromatic rings. The molecule has 2 N–H and O–H groups in total. The normalized spacial score (nSPS) is 10.1. The third-order valence-corrected chi connectivity index (χ3v) is 2.52. The number of nitrogens with zero attached hydrogens (tertiary/aromatic N) is 2. The maximum atomic E-state index is 8.77. The van der Waals surface area contributed by atoms with Crippen molar-refractivity contribution in [2.45, 2.75) is 0 Å². The van der Waals surface area contributed by atoms with Crippen LogP contribution in [0.2, 0.25) is 5.02 Å². The molecule has 1 aromatic carbocycles. The molecule has 1 heterocycles.